The van der Waals surface area contributed by atoms with Gasteiger partial charge in [0.2, 0.25) is 0 Å². The molecular weight excluding hydrogens is 520 g/mol. The Bertz CT molecular complexity index is 1640. The van der Waals surface area contributed by atoms with Crippen molar-refractivity contribution in [2.75, 3.05) is 0 Å². The molecule has 3 N–H and O–H groups in total. The molecule has 214 valence electrons. The van der Waals surface area contributed by atoms with Crippen molar-refractivity contribution in [1.29, 1.82) is 0 Å². The molecular formula is C38H38O4. The molecule has 0 bridgehead atoms. The zero-order chi connectivity index (χ0) is 28.9. The van der Waals surface area contributed by atoms with Gasteiger partial charge in [0.1, 0.15) is 0 Å². The van der Waals surface area contributed by atoms with Gasteiger partial charge in [-0.1, -0.05) is 97.1 Å². The number of carbonyl (C=O) groups excluding carboxylic acids is 1. The van der Waals surface area contributed by atoms with Crippen molar-refractivity contribution >= 4 is 5.78 Å². The number of ketones is 1. The van der Waals surface area contributed by atoms with E-state index in [9.17, 15) is 20.1 Å². The van der Waals surface area contributed by atoms with Gasteiger partial charge >= 0.3 is 0 Å². The quantitative estimate of drug-likeness (QED) is 0.235. The molecule has 4 nitrogen and oxygen atoms in total. The third-order valence-electron chi connectivity index (χ3n) is 10.4. The Balaban J connectivity index is 0.000000137. The minimum absolute atomic E-state index is 0.194. The summed E-state index contributed by atoms with van der Waals surface area (Å²) in [7, 11) is 0. The molecule has 0 heterocycles. The van der Waals surface area contributed by atoms with E-state index in [2.05, 4.69) is 42.5 Å². The van der Waals surface area contributed by atoms with E-state index in [0.717, 1.165) is 54.4 Å². The maximum Gasteiger partial charge on any atom is 0.173 e. The first-order valence-corrected chi connectivity index (χ1v) is 15.3. The second kappa shape index (κ2) is 10.6. The normalized spacial score (nSPS) is 29.0. The van der Waals surface area contributed by atoms with Crippen LogP contribution in [0.2, 0.25) is 0 Å². The minimum Gasteiger partial charge on any atom is -0.393 e. The van der Waals surface area contributed by atoms with Gasteiger partial charge in [0, 0.05) is 11.0 Å². The Kier molecular flexibility index (Phi) is 6.89. The van der Waals surface area contributed by atoms with Crippen LogP contribution >= 0.6 is 0 Å². The van der Waals surface area contributed by atoms with Gasteiger partial charge in [-0.3, -0.25) is 4.79 Å². The maximum atomic E-state index is 13.3. The molecule has 5 unspecified atom stereocenters. The SMILES string of the molecule is O=C1c2ccccc2Cc2ccccc2C12CCC(O)C2.OC1CCC2(C1)c1ccccc1Cc1ccccc1C2O. The Hall–Kier alpha value is -3.57. The van der Waals surface area contributed by atoms with Gasteiger partial charge in [-0.15, -0.1) is 0 Å². The van der Waals surface area contributed by atoms with E-state index in [-0.39, 0.29) is 23.4 Å². The van der Waals surface area contributed by atoms with Crippen molar-refractivity contribution < 1.29 is 20.1 Å². The van der Waals surface area contributed by atoms with E-state index >= 15 is 0 Å². The first-order chi connectivity index (χ1) is 20.4. The van der Waals surface area contributed by atoms with Crippen LogP contribution in [0.5, 0.6) is 0 Å². The molecule has 0 aromatic heterocycles. The molecule has 0 radical (unpaired) electrons. The molecule has 4 aliphatic rings. The molecule has 4 heteroatoms. The Labute approximate surface area is 247 Å². The van der Waals surface area contributed by atoms with E-state index in [1.54, 1.807) is 0 Å². The predicted molar refractivity (Wildman–Crippen MR) is 164 cm³/mol. The van der Waals surface area contributed by atoms with Crippen molar-refractivity contribution in [3.63, 3.8) is 0 Å². The van der Waals surface area contributed by atoms with Crippen LogP contribution in [0.3, 0.4) is 0 Å². The Morgan fingerprint density at radius 1 is 0.571 bits per heavy atom. The lowest BCUT2D eigenvalue weighted by atomic mass is 9.71. The summed E-state index contributed by atoms with van der Waals surface area (Å²) in [5, 5.41) is 31.3. The second-order valence-corrected chi connectivity index (χ2v) is 12.8. The standard InChI is InChI=1S/C19H20O2.C19H18O2/c2*20-15-9-10-19(12-15)17-8-4-2-6-14(17)11-13-5-1-3-7-16(13)18(19)21/h1-8,15,18,20-21H,9-12H2;1-8,15,20H,9-12H2. The third kappa shape index (κ3) is 4.36. The smallest absolute Gasteiger partial charge is 0.173 e. The van der Waals surface area contributed by atoms with Crippen molar-refractivity contribution in [3.8, 4) is 0 Å². The number of Topliss-reactive ketones (excluding diaryl/α,β-unsaturated/α-hetero) is 1. The molecule has 2 spiro atoms. The number of hydrogen-bond donors (Lipinski definition) is 3. The largest absolute Gasteiger partial charge is 0.393 e. The number of hydrogen-bond acceptors (Lipinski definition) is 4. The first-order valence-electron chi connectivity index (χ1n) is 15.3. The molecule has 0 aliphatic heterocycles. The lowest BCUT2D eigenvalue weighted by molar-refractivity contribution is 0.0701. The Morgan fingerprint density at radius 3 is 1.81 bits per heavy atom. The second-order valence-electron chi connectivity index (χ2n) is 12.8. The number of carbonyl (C=O) groups is 1. The van der Waals surface area contributed by atoms with Gasteiger partial charge < -0.3 is 15.3 Å². The zero-order valence-corrected chi connectivity index (χ0v) is 23.9. The van der Waals surface area contributed by atoms with E-state index in [1.165, 1.54) is 22.3 Å². The van der Waals surface area contributed by atoms with Crippen molar-refractivity contribution in [3.05, 3.63) is 142 Å². The number of aliphatic hydroxyl groups excluding tert-OH is 3. The molecule has 2 saturated carbocycles. The molecule has 2 fully saturated rings. The predicted octanol–water partition coefficient (Wildman–Crippen LogP) is 6.36. The molecule has 4 aliphatic carbocycles. The fourth-order valence-corrected chi connectivity index (χ4v) is 8.41. The van der Waals surface area contributed by atoms with Crippen LogP contribution in [0.1, 0.15) is 93.9 Å². The highest BCUT2D eigenvalue weighted by Gasteiger charge is 2.50. The number of benzene rings is 4. The lowest BCUT2D eigenvalue weighted by Crippen LogP contribution is -2.34. The van der Waals surface area contributed by atoms with Gasteiger partial charge in [0.25, 0.3) is 0 Å². The number of rotatable bonds is 0. The van der Waals surface area contributed by atoms with Gasteiger partial charge in [-0.2, -0.15) is 0 Å². The van der Waals surface area contributed by atoms with Crippen molar-refractivity contribution in [1.82, 2.24) is 0 Å². The average Bonchev–Trinajstić information content (AvgIpc) is 3.56. The molecule has 0 saturated heterocycles. The van der Waals surface area contributed by atoms with Crippen molar-refractivity contribution in [2.45, 2.75) is 80.5 Å². The van der Waals surface area contributed by atoms with Crippen LogP contribution in [-0.4, -0.2) is 33.3 Å². The summed E-state index contributed by atoms with van der Waals surface area (Å²) in [6, 6.07) is 32.8. The molecule has 0 amide bonds. The van der Waals surface area contributed by atoms with Crippen LogP contribution < -0.4 is 0 Å². The topological polar surface area (TPSA) is 77.8 Å². The van der Waals surface area contributed by atoms with Crippen LogP contribution in [0.4, 0.5) is 0 Å². The Morgan fingerprint density at radius 2 is 1.12 bits per heavy atom. The van der Waals surface area contributed by atoms with Crippen LogP contribution in [0.25, 0.3) is 0 Å². The summed E-state index contributed by atoms with van der Waals surface area (Å²) < 4.78 is 0. The summed E-state index contributed by atoms with van der Waals surface area (Å²) in [6.45, 7) is 0. The highest BCUT2D eigenvalue weighted by atomic mass is 16.3. The first kappa shape index (κ1) is 27.3. The molecule has 4 aromatic carbocycles. The van der Waals surface area contributed by atoms with Crippen LogP contribution in [-0.2, 0) is 23.7 Å². The van der Waals surface area contributed by atoms with Crippen LogP contribution in [0, 0.1) is 0 Å². The van der Waals surface area contributed by atoms with E-state index in [0.29, 0.717) is 19.3 Å². The third-order valence-corrected chi connectivity index (χ3v) is 10.4. The highest BCUT2D eigenvalue weighted by molar-refractivity contribution is 6.06. The molecule has 8 rings (SSSR count). The maximum absolute atomic E-state index is 13.3. The monoisotopic (exact) mass is 558 g/mol. The summed E-state index contributed by atoms with van der Waals surface area (Å²) >= 11 is 0. The van der Waals surface area contributed by atoms with E-state index in [4.69, 9.17) is 0 Å². The zero-order valence-electron chi connectivity index (χ0n) is 23.9. The summed E-state index contributed by atoms with van der Waals surface area (Å²) in [5.41, 5.74) is 8.19. The minimum atomic E-state index is -0.533. The average molecular weight is 559 g/mol. The van der Waals surface area contributed by atoms with Gasteiger partial charge in [-0.05, 0) is 90.3 Å². The van der Waals surface area contributed by atoms with E-state index < -0.39 is 11.5 Å². The van der Waals surface area contributed by atoms with Gasteiger partial charge in [-0.25, -0.2) is 0 Å². The van der Waals surface area contributed by atoms with E-state index in [1.807, 2.05) is 54.6 Å². The summed E-state index contributed by atoms with van der Waals surface area (Å²) in [4.78, 5) is 13.3. The van der Waals surface area contributed by atoms with Gasteiger partial charge in [0.15, 0.2) is 5.78 Å². The van der Waals surface area contributed by atoms with Crippen LogP contribution in [0.15, 0.2) is 97.1 Å². The fourth-order valence-electron chi connectivity index (χ4n) is 8.41. The number of fused-ring (bicyclic) bond motifs is 6. The highest BCUT2D eigenvalue weighted by Crippen LogP contribution is 2.53. The summed E-state index contributed by atoms with van der Waals surface area (Å²) in [6.07, 6.45) is 4.74. The molecule has 5 atom stereocenters. The van der Waals surface area contributed by atoms with Gasteiger partial charge in [0.05, 0.1) is 23.7 Å². The number of aliphatic hydroxyl groups is 3. The molecule has 42 heavy (non-hydrogen) atoms. The van der Waals surface area contributed by atoms with Crippen molar-refractivity contribution in [2.24, 2.45) is 0 Å². The molecule has 4 aromatic rings. The summed E-state index contributed by atoms with van der Waals surface area (Å²) in [5.74, 6) is 0.194. The fraction of sp³-hybridized carbons (Fsp3) is 0.342. The lowest BCUT2D eigenvalue weighted by Gasteiger charge is -2.35.